The Morgan fingerprint density at radius 1 is 1.33 bits per heavy atom. The monoisotopic (exact) mass is 363 g/mol. The number of rotatable bonds is 4. The fourth-order valence-electron chi connectivity index (χ4n) is 2.80. The van der Waals surface area contributed by atoms with E-state index in [4.69, 9.17) is 16.3 Å². The number of hydrogen-bond donors (Lipinski definition) is 0. The normalized spacial score (nSPS) is 15.5. The van der Waals surface area contributed by atoms with Crippen LogP contribution >= 0.6 is 22.9 Å². The molecule has 0 atom stereocenters. The summed E-state index contributed by atoms with van der Waals surface area (Å²) in [5.41, 5.74) is 2.02. The van der Waals surface area contributed by atoms with Gasteiger partial charge in [0.15, 0.2) is 0 Å². The molecule has 3 nitrogen and oxygen atoms in total. The Morgan fingerprint density at radius 2 is 2.08 bits per heavy atom. The highest BCUT2D eigenvalue weighted by Gasteiger charge is 2.22. The minimum Gasteiger partial charge on any atom is -0.489 e. The number of hydrogen-bond acceptors (Lipinski definition) is 3. The Labute approximate surface area is 152 Å². The van der Waals surface area contributed by atoms with Crippen molar-refractivity contribution in [2.45, 2.75) is 33.3 Å². The molecular formula is C19H22ClNO2S. The second-order valence-electron chi connectivity index (χ2n) is 6.49. The predicted molar refractivity (Wildman–Crippen MR) is 99.1 cm³/mol. The molecule has 0 spiro atoms. The van der Waals surface area contributed by atoms with Crippen molar-refractivity contribution in [1.29, 1.82) is 0 Å². The van der Waals surface area contributed by atoms with Gasteiger partial charge in [0, 0.05) is 23.7 Å². The van der Waals surface area contributed by atoms with E-state index >= 15 is 0 Å². The van der Waals surface area contributed by atoms with E-state index in [0.717, 1.165) is 58.6 Å². The van der Waals surface area contributed by atoms with E-state index < -0.39 is 0 Å². The molecule has 24 heavy (non-hydrogen) atoms. The summed E-state index contributed by atoms with van der Waals surface area (Å²) in [4.78, 5) is 15.3. The first-order valence-electron chi connectivity index (χ1n) is 8.28. The Bertz CT molecular complexity index is 720. The molecule has 1 aromatic heterocycles. The molecule has 1 aliphatic heterocycles. The number of carbonyl (C=O) groups is 1. The molecule has 5 heteroatoms. The summed E-state index contributed by atoms with van der Waals surface area (Å²) in [7, 11) is 0. The Morgan fingerprint density at radius 3 is 2.79 bits per heavy atom. The highest BCUT2D eigenvalue weighted by atomic mass is 35.5. The number of benzene rings is 1. The van der Waals surface area contributed by atoms with E-state index in [2.05, 4.69) is 6.92 Å². The van der Waals surface area contributed by atoms with Gasteiger partial charge in [-0.1, -0.05) is 18.5 Å². The maximum Gasteiger partial charge on any atom is 0.263 e. The summed E-state index contributed by atoms with van der Waals surface area (Å²) in [6.45, 7) is 6.40. The van der Waals surface area contributed by atoms with E-state index in [1.807, 2.05) is 41.5 Å². The molecule has 0 radical (unpaired) electrons. The fourth-order valence-corrected chi connectivity index (χ4v) is 3.79. The van der Waals surface area contributed by atoms with E-state index in [9.17, 15) is 4.79 Å². The predicted octanol–water partition coefficient (Wildman–Crippen LogP) is 5.16. The molecular weight excluding hydrogens is 342 g/mol. The largest absolute Gasteiger partial charge is 0.489 e. The van der Waals surface area contributed by atoms with Crippen LogP contribution in [-0.4, -0.2) is 23.9 Å². The van der Waals surface area contributed by atoms with Crippen LogP contribution in [0.1, 0.15) is 40.6 Å². The van der Waals surface area contributed by atoms with Gasteiger partial charge in [-0.3, -0.25) is 4.79 Å². The SMILES string of the molecule is Cc1cc(OCc2csc(C(=O)N3CCC(C)CC3)c2)ccc1Cl. The summed E-state index contributed by atoms with van der Waals surface area (Å²) in [6.07, 6.45) is 2.20. The quantitative estimate of drug-likeness (QED) is 0.750. The van der Waals surface area contributed by atoms with Gasteiger partial charge in [0.25, 0.3) is 5.91 Å². The summed E-state index contributed by atoms with van der Waals surface area (Å²) < 4.78 is 5.80. The van der Waals surface area contributed by atoms with Crippen LogP contribution in [0.2, 0.25) is 5.02 Å². The zero-order valence-electron chi connectivity index (χ0n) is 14.0. The number of amides is 1. The molecule has 2 heterocycles. The van der Waals surface area contributed by atoms with Gasteiger partial charge < -0.3 is 9.64 Å². The van der Waals surface area contributed by atoms with Crippen LogP contribution < -0.4 is 4.74 Å². The highest BCUT2D eigenvalue weighted by molar-refractivity contribution is 7.12. The number of piperidine rings is 1. The lowest BCUT2D eigenvalue weighted by Crippen LogP contribution is -2.37. The molecule has 1 saturated heterocycles. The van der Waals surface area contributed by atoms with Crippen LogP contribution in [0, 0.1) is 12.8 Å². The number of likely N-dealkylation sites (tertiary alicyclic amines) is 1. The zero-order valence-corrected chi connectivity index (χ0v) is 15.6. The maximum absolute atomic E-state index is 12.6. The molecule has 0 saturated carbocycles. The van der Waals surface area contributed by atoms with Crippen molar-refractivity contribution in [1.82, 2.24) is 4.90 Å². The number of halogens is 1. The lowest BCUT2D eigenvalue weighted by molar-refractivity contribution is 0.0702. The van der Waals surface area contributed by atoms with Gasteiger partial charge in [-0.25, -0.2) is 0 Å². The van der Waals surface area contributed by atoms with E-state index in [-0.39, 0.29) is 5.91 Å². The van der Waals surface area contributed by atoms with Crippen LogP contribution in [-0.2, 0) is 6.61 Å². The van der Waals surface area contributed by atoms with Crippen molar-refractivity contribution in [2.24, 2.45) is 5.92 Å². The number of aryl methyl sites for hydroxylation is 1. The van der Waals surface area contributed by atoms with E-state index in [1.165, 1.54) is 11.3 Å². The number of carbonyl (C=O) groups excluding carboxylic acids is 1. The van der Waals surface area contributed by atoms with Gasteiger partial charge in [-0.05, 0) is 60.9 Å². The average Bonchev–Trinajstić information content (AvgIpc) is 3.05. The van der Waals surface area contributed by atoms with Crippen LogP contribution in [0.5, 0.6) is 5.75 Å². The second-order valence-corrected chi connectivity index (χ2v) is 7.81. The average molecular weight is 364 g/mol. The third-order valence-electron chi connectivity index (χ3n) is 4.47. The van der Waals surface area contributed by atoms with Gasteiger partial charge in [0.1, 0.15) is 12.4 Å². The number of nitrogens with zero attached hydrogens (tertiary/aromatic N) is 1. The third-order valence-corrected chi connectivity index (χ3v) is 5.86. The van der Waals surface area contributed by atoms with Gasteiger partial charge in [0.05, 0.1) is 4.88 Å². The van der Waals surface area contributed by atoms with Gasteiger partial charge in [-0.15, -0.1) is 11.3 Å². The van der Waals surface area contributed by atoms with Crippen LogP contribution in [0.25, 0.3) is 0 Å². The minimum absolute atomic E-state index is 0.153. The smallest absolute Gasteiger partial charge is 0.263 e. The van der Waals surface area contributed by atoms with Crippen LogP contribution in [0.4, 0.5) is 0 Å². The second kappa shape index (κ2) is 7.58. The van der Waals surface area contributed by atoms with Crippen molar-refractivity contribution in [3.63, 3.8) is 0 Å². The van der Waals surface area contributed by atoms with E-state index in [1.54, 1.807) is 0 Å². The van der Waals surface area contributed by atoms with Gasteiger partial charge in [-0.2, -0.15) is 0 Å². The number of thiophene rings is 1. The molecule has 0 aliphatic carbocycles. The molecule has 1 aliphatic rings. The molecule has 0 unspecified atom stereocenters. The molecule has 0 bridgehead atoms. The minimum atomic E-state index is 0.153. The standard InChI is InChI=1S/C19H22ClNO2S/c1-13-5-7-21(8-6-13)19(22)18-10-15(12-24-18)11-23-16-3-4-17(20)14(2)9-16/h3-4,9-10,12-13H,5-8,11H2,1-2H3. The molecule has 1 amide bonds. The summed E-state index contributed by atoms with van der Waals surface area (Å²) >= 11 is 7.52. The van der Waals surface area contributed by atoms with Crippen molar-refractivity contribution in [3.05, 3.63) is 50.7 Å². The third kappa shape index (κ3) is 4.11. The Kier molecular flexibility index (Phi) is 5.47. The molecule has 3 rings (SSSR count). The topological polar surface area (TPSA) is 29.5 Å². The lowest BCUT2D eigenvalue weighted by Gasteiger charge is -2.29. The number of ether oxygens (including phenoxy) is 1. The lowest BCUT2D eigenvalue weighted by atomic mass is 9.99. The zero-order chi connectivity index (χ0) is 17.1. The van der Waals surface area contributed by atoms with Crippen molar-refractivity contribution in [2.75, 3.05) is 13.1 Å². The molecule has 0 N–H and O–H groups in total. The molecule has 2 aromatic rings. The van der Waals surface area contributed by atoms with Crippen LogP contribution in [0.3, 0.4) is 0 Å². The summed E-state index contributed by atoms with van der Waals surface area (Å²) in [6, 6.07) is 7.58. The fraction of sp³-hybridized carbons (Fsp3) is 0.421. The first kappa shape index (κ1) is 17.3. The van der Waals surface area contributed by atoms with Gasteiger partial charge in [0.2, 0.25) is 0 Å². The highest BCUT2D eigenvalue weighted by Crippen LogP contribution is 2.24. The summed E-state index contributed by atoms with van der Waals surface area (Å²) in [5, 5.41) is 2.74. The maximum atomic E-state index is 12.6. The van der Waals surface area contributed by atoms with E-state index in [0.29, 0.717) is 6.61 Å². The first-order chi connectivity index (χ1) is 11.5. The molecule has 128 valence electrons. The Hall–Kier alpha value is -1.52. The summed E-state index contributed by atoms with van der Waals surface area (Å²) in [5.74, 6) is 1.67. The van der Waals surface area contributed by atoms with Crippen LogP contribution in [0.15, 0.2) is 29.6 Å². The van der Waals surface area contributed by atoms with Gasteiger partial charge >= 0.3 is 0 Å². The molecule has 1 fully saturated rings. The van der Waals surface area contributed by atoms with Crippen molar-refractivity contribution >= 4 is 28.8 Å². The first-order valence-corrected chi connectivity index (χ1v) is 9.54. The Balaban J connectivity index is 1.58. The molecule has 1 aromatic carbocycles. The van der Waals surface area contributed by atoms with Crippen molar-refractivity contribution < 1.29 is 9.53 Å². The van der Waals surface area contributed by atoms with Crippen molar-refractivity contribution in [3.8, 4) is 5.75 Å².